The third kappa shape index (κ3) is 3.34. The summed E-state index contributed by atoms with van der Waals surface area (Å²) in [5, 5.41) is 5.18. The van der Waals surface area contributed by atoms with Gasteiger partial charge in [-0.25, -0.2) is 13.6 Å². The van der Waals surface area contributed by atoms with Crippen LogP contribution in [0.2, 0.25) is 0 Å². The third-order valence-electron chi connectivity index (χ3n) is 3.29. The fraction of sp³-hybridized carbons (Fsp3) is 0.200. The SMILES string of the molecule is Cc1cc(C)cc(N(C)c2cc(S(N)(=O)=O)ccc2N)c1. The van der Waals surface area contributed by atoms with Crippen LogP contribution in [0.4, 0.5) is 17.1 Å². The van der Waals surface area contributed by atoms with E-state index in [2.05, 4.69) is 6.07 Å². The molecule has 0 atom stereocenters. The molecule has 0 heterocycles. The first-order valence-electron chi connectivity index (χ1n) is 6.43. The Morgan fingerprint density at radius 1 is 1.00 bits per heavy atom. The number of hydrogen-bond donors (Lipinski definition) is 2. The van der Waals surface area contributed by atoms with Crippen molar-refractivity contribution in [3.8, 4) is 0 Å². The number of nitrogen functional groups attached to an aromatic ring is 1. The van der Waals surface area contributed by atoms with Crippen LogP contribution in [0.1, 0.15) is 11.1 Å². The minimum Gasteiger partial charge on any atom is -0.397 e. The van der Waals surface area contributed by atoms with Crippen molar-refractivity contribution in [1.82, 2.24) is 0 Å². The molecule has 0 spiro atoms. The Labute approximate surface area is 125 Å². The van der Waals surface area contributed by atoms with Gasteiger partial charge in [0.25, 0.3) is 0 Å². The van der Waals surface area contributed by atoms with Crippen molar-refractivity contribution in [2.24, 2.45) is 5.14 Å². The number of anilines is 3. The Bertz CT molecular complexity index is 765. The fourth-order valence-corrected chi connectivity index (χ4v) is 2.81. The lowest BCUT2D eigenvalue weighted by atomic mass is 10.1. The average molecular weight is 305 g/mol. The number of rotatable bonds is 3. The van der Waals surface area contributed by atoms with Crippen LogP contribution in [-0.4, -0.2) is 15.5 Å². The third-order valence-corrected chi connectivity index (χ3v) is 4.20. The predicted octanol–water partition coefficient (Wildman–Crippen LogP) is 2.30. The van der Waals surface area contributed by atoms with Gasteiger partial charge < -0.3 is 10.6 Å². The molecule has 2 aromatic rings. The molecule has 0 aromatic heterocycles. The smallest absolute Gasteiger partial charge is 0.238 e. The lowest BCUT2D eigenvalue weighted by Gasteiger charge is -2.23. The molecule has 0 amide bonds. The number of nitrogens with two attached hydrogens (primary N) is 2. The number of nitrogens with zero attached hydrogens (tertiary/aromatic N) is 1. The molecule has 0 aliphatic rings. The highest BCUT2D eigenvalue weighted by Gasteiger charge is 2.14. The van der Waals surface area contributed by atoms with Crippen molar-refractivity contribution < 1.29 is 8.42 Å². The van der Waals surface area contributed by atoms with Crippen LogP contribution in [-0.2, 0) is 10.0 Å². The molecule has 0 aliphatic carbocycles. The lowest BCUT2D eigenvalue weighted by Crippen LogP contribution is -2.16. The van der Waals surface area contributed by atoms with E-state index >= 15 is 0 Å². The highest BCUT2D eigenvalue weighted by Crippen LogP contribution is 2.31. The van der Waals surface area contributed by atoms with Crippen LogP contribution < -0.4 is 15.8 Å². The highest BCUT2D eigenvalue weighted by molar-refractivity contribution is 7.89. The molecule has 5 nitrogen and oxygen atoms in total. The summed E-state index contributed by atoms with van der Waals surface area (Å²) >= 11 is 0. The van der Waals surface area contributed by atoms with Gasteiger partial charge in [0.2, 0.25) is 10.0 Å². The lowest BCUT2D eigenvalue weighted by molar-refractivity contribution is 0.598. The van der Waals surface area contributed by atoms with Gasteiger partial charge in [0.1, 0.15) is 0 Å². The monoisotopic (exact) mass is 305 g/mol. The van der Waals surface area contributed by atoms with E-state index < -0.39 is 10.0 Å². The quantitative estimate of drug-likeness (QED) is 0.851. The van der Waals surface area contributed by atoms with Crippen LogP contribution in [0.25, 0.3) is 0 Å². The number of aryl methyl sites for hydroxylation is 2. The van der Waals surface area contributed by atoms with Gasteiger partial charge >= 0.3 is 0 Å². The summed E-state index contributed by atoms with van der Waals surface area (Å²) in [6.45, 7) is 4.02. The summed E-state index contributed by atoms with van der Waals surface area (Å²) in [5.74, 6) is 0. The first-order chi connectivity index (χ1) is 9.68. The zero-order chi connectivity index (χ0) is 15.8. The van der Waals surface area contributed by atoms with E-state index in [0.717, 1.165) is 16.8 Å². The molecule has 0 fully saturated rings. The van der Waals surface area contributed by atoms with Gasteiger partial charge in [-0.3, -0.25) is 0 Å². The molecule has 2 aromatic carbocycles. The van der Waals surface area contributed by atoms with Crippen molar-refractivity contribution in [1.29, 1.82) is 0 Å². The van der Waals surface area contributed by atoms with E-state index in [0.29, 0.717) is 11.4 Å². The second-order valence-corrected chi connectivity index (χ2v) is 6.73. The van der Waals surface area contributed by atoms with E-state index in [1.54, 1.807) is 6.07 Å². The van der Waals surface area contributed by atoms with Crippen LogP contribution >= 0.6 is 0 Å². The molecule has 0 aliphatic heterocycles. The second-order valence-electron chi connectivity index (χ2n) is 5.17. The number of hydrogen-bond acceptors (Lipinski definition) is 4. The molecule has 0 radical (unpaired) electrons. The van der Waals surface area contributed by atoms with E-state index in [1.807, 2.05) is 37.9 Å². The van der Waals surface area contributed by atoms with E-state index in [-0.39, 0.29) is 4.90 Å². The van der Waals surface area contributed by atoms with Crippen LogP contribution in [0, 0.1) is 13.8 Å². The maximum Gasteiger partial charge on any atom is 0.238 e. The van der Waals surface area contributed by atoms with E-state index in [1.165, 1.54) is 12.1 Å². The first kappa shape index (κ1) is 15.3. The molecule has 0 saturated carbocycles. The molecule has 0 bridgehead atoms. The molecule has 21 heavy (non-hydrogen) atoms. The Balaban J connectivity index is 2.54. The molecule has 4 N–H and O–H groups in total. The van der Waals surface area contributed by atoms with E-state index in [9.17, 15) is 8.42 Å². The van der Waals surface area contributed by atoms with Crippen molar-refractivity contribution in [3.63, 3.8) is 0 Å². The summed E-state index contributed by atoms with van der Waals surface area (Å²) in [6, 6.07) is 10.5. The number of primary sulfonamides is 1. The molecule has 0 unspecified atom stereocenters. The van der Waals surface area contributed by atoms with Gasteiger partial charge in [0.05, 0.1) is 16.3 Å². The molecule has 2 rings (SSSR count). The second kappa shape index (κ2) is 5.38. The van der Waals surface area contributed by atoms with E-state index in [4.69, 9.17) is 10.9 Å². The zero-order valence-corrected chi connectivity index (χ0v) is 13.1. The number of sulfonamides is 1. The summed E-state index contributed by atoms with van der Waals surface area (Å²) < 4.78 is 23.0. The number of benzene rings is 2. The Hall–Kier alpha value is -2.05. The van der Waals surface area contributed by atoms with Crippen LogP contribution in [0.5, 0.6) is 0 Å². The largest absolute Gasteiger partial charge is 0.397 e. The van der Waals surface area contributed by atoms with Crippen LogP contribution in [0.3, 0.4) is 0 Å². The average Bonchev–Trinajstić information content (AvgIpc) is 2.36. The summed E-state index contributed by atoms with van der Waals surface area (Å²) in [5.41, 5.74) is 10.2. The molecule has 0 saturated heterocycles. The summed E-state index contributed by atoms with van der Waals surface area (Å²) in [7, 11) is -1.92. The maximum absolute atomic E-state index is 11.5. The molecule has 112 valence electrons. The molecule has 6 heteroatoms. The Morgan fingerprint density at radius 2 is 1.57 bits per heavy atom. The highest BCUT2D eigenvalue weighted by atomic mass is 32.2. The maximum atomic E-state index is 11.5. The minimum absolute atomic E-state index is 0.0444. The van der Waals surface area contributed by atoms with Gasteiger partial charge in [0, 0.05) is 12.7 Å². The molecular formula is C15H19N3O2S. The fourth-order valence-electron chi connectivity index (χ4n) is 2.27. The van der Waals surface area contributed by atoms with Gasteiger partial charge in [-0.05, 0) is 55.3 Å². The first-order valence-corrected chi connectivity index (χ1v) is 7.97. The van der Waals surface area contributed by atoms with Crippen LogP contribution in [0.15, 0.2) is 41.3 Å². The van der Waals surface area contributed by atoms with Crippen molar-refractivity contribution in [2.45, 2.75) is 18.7 Å². The van der Waals surface area contributed by atoms with Crippen molar-refractivity contribution >= 4 is 27.1 Å². The zero-order valence-electron chi connectivity index (χ0n) is 12.3. The topological polar surface area (TPSA) is 89.4 Å². The standard InChI is InChI=1S/C15H19N3O2S/c1-10-6-11(2)8-12(7-10)18(3)15-9-13(21(17,19)20)4-5-14(15)16/h4-9H,16H2,1-3H3,(H2,17,19,20). The normalized spacial score (nSPS) is 11.4. The van der Waals surface area contributed by atoms with Gasteiger partial charge in [-0.1, -0.05) is 6.07 Å². The van der Waals surface area contributed by atoms with Crippen molar-refractivity contribution in [2.75, 3.05) is 17.7 Å². The summed E-state index contributed by atoms with van der Waals surface area (Å²) in [4.78, 5) is 1.90. The Kier molecular flexibility index (Phi) is 3.93. The van der Waals surface area contributed by atoms with Crippen molar-refractivity contribution in [3.05, 3.63) is 47.5 Å². The molecular weight excluding hydrogens is 286 g/mol. The van der Waals surface area contributed by atoms with Gasteiger partial charge in [-0.2, -0.15) is 0 Å². The minimum atomic E-state index is -3.76. The predicted molar refractivity (Wildman–Crippen MR) is 86.2 cm³/mol. The Morgan fingerprint density at radius 3 is 2.10 bits per heavy atom. The summed E-state index contributed by atoms with van der Waals surface area (Å²) in [6.07, 6.45) is 0. The van der Waals surface area contributed by atoms with Gasteiger partial charge in [0.15, 0.2) is 0 Å². The van der Waals surface area contributed by atoms with Gasteiger partial charge in [-0.15, -0.1) is 0 Å².